The Bertz CT molecular complexity index is 1240. The van der Waals surface area contributed by atoms with Crippen molar-refractivity contribution in [3.63, 3.8) is 0 Å². The van der Waals surface area contributed by atoms with Gasteiger partial charge in [0, 0.05) is 19.6 Å². The Morgan fingerprint density at radius 2 is 1.60 bits per heavy atom. The Morgan fingerprint density at radius 1 is 1.00 bits per heavy atom. The zero-order valence-corrected chi connectivity index (χ0v) is 28.4. The normalized spacial score (nSPS) is 27.8. The van der Waals surface area contributed by atoms with Crippen molar-refractivity contribution in [3.8, 4) is 0 Å². The first-order chi connectivity index (χ1) is 21.0. The lowest BCUT2D eigenvalue weighted by atomic mass is 9.96. The fourth-order valence-corrected chi connectivity index (χ4v) is 7.59. The van der Waals surface area contributed by atoms with E-state index in [9.17, 15) is 32.4 Å². The SMILES string of the molecule is C=CCNC(=O)C(=O)[C@@H]1CCCCCCCCC[C@H](NC(=O)NCCS(=O)(=O)C(C)(C)C)C(=O)N2C[C@H]3[C@@H]([C@@H]2C(=O)N1)C3(C)C. The summed E-state index contributed by atoms with van der Waals surface area (Å²) in [6, 6.07) is -3.41. The third-order valence-corrected chi connectivity index (χ3v) is 12.3. The number of ketones is 1. The molecular formula is C32H53N5O7S. The van der Waals surface area contributed by atoms with Gasteiger partial charge in [0.1, 0.15) is 12.1 Å². The van der Waals surface area contributed by atoms with Crippen molar-refractivity contribution in [2.75, 3.05) is 25.4 Å². The minimum absolute atomic E-state index is 0.0846. The average molecular weight is 652 g/mol. The van der Waals surface area contributed by atoms with Gasteiger partial charge in [-0.2, -0.15) is 0 Å². The number of amides is 5. The van der Waals surface area contributed by atoms with Gasteiger partial charge in [0.2, 0.25) is 17.6 Å². The van der Waals surface area contributed by atoms with Crippen LogP contribution in [0.25, 0.3) is 0 Å². The van der Waals surface area contributed by atoms with Crippen LogP contribution in [0.4, 0.5) is 4.79 Å². The molecule has 5 amide bonds. The van der Waals surface area contributed by atoms with Gasteiger partial charge in [-0.25, -0.2) is 13.2 Å². The Morgan fingerprint density at radius 3 is 2.20 bits per heavy atom. The van der Waals surface area contributed by atoms with Crippen molar-refractivity contribution < 1.29 is 32.4 Å². The van der Waals surface area contributed by atoms with Crippen molar-refractivity contribution in [2.24, 2.45) is 17.3 Å². The topological polar surface area (TPSA) is 171 Å². The van der Waals surface area contributed by atoms with Gasteiger partial charge in [-0.3, -0.25) is 19.2 Å². The lowest BCUT2D eigenvalue weighted by Gasteiger charge is -2.34. The third-order valence-electron chi connectivity index (χ3n) is 9.70. The number of carbonyl (C=O) groups is 5. The monoisotopic (exact) mass is 651 g/mol. The summed E-state index contributed by atoms with van der Waals surface area (Å²) in [5.74, 6) is -2.64. The average Bonchev–Trinajstić information content (AvgIpc) is 3.27. The number of urea groups is 1. The van der Waals surface area contributed by atoms with Crippen LogP contribution < -0.4 is 21.3 Å². The second-order valence-corrected chi connectivity index (χ2v) is 17.1. The van der Waals surface area contributed by atoms with E-state index in [4.69, 9.17) is 0 Å². The Balaban J connectivity index is 1.80. The highest BCUT2D eigenvalue weighted by atomic mass is 32.2. The van der Waals surface area contributed by atoms with E-state index < -0.39 is 56.3 Å². The van der Waals surface area contributed by atoms with Crippen LogP contribution in [0.3, 0.4) is 0 Å². The number of fused-ring (bicyclic) bond motifs is 3. The molecule has 3 rings (SSSR count). The summed E-state index contributed by atoms with van der Waals surface area (Å²) >= 11 is 0. The second kappa shape index (κ2) is 15.1. The Kier molecular flexibility index (Phi) is 12.2. The van der Waals surface area contributed by atoms with Gasteiger partial charge in [0.25, 0.3) is 5.91 Å². The zero-order chi connectivity index (χ0) is 33.6. The molecule has 0 aromatic heterocycles. The molecule has 0 aromatic carbocycles. The quantitative estimate of drug-likeness (QED) is 0.230. The highest BCUT2D eigenvalue weighted by Gasteiger charge is 2.69. The predicted octanol–water partition coefficient (Wildman–Crippen LogP) is 2.23. The number of nitrogens with zero attached hydrogens (tertiary/aromatic N) is 1. The Hall–Kier alpha value is -2.96. The van der Waals surface area contributed by atoms with Crippen LogP contribution in [0.2, 0.25) is 0 Å². The lowest BCUT2D eigenvalue weighted by molar-refractivity contribution is -0.144. The van der Waals surface area contributed by atoms with Gasteiger partial charge >= 0.3 is 6.03 Å². The molecule has 254 valence electrons. The van der Waals surface area contributed by atoms with E-state index in [1.807, 2.05) is 0 Å². The van der Waals surface area contributed by atoms with Crippen molar-refractivity contribution in [2.45, 2.75) is 115 Å². The van der Waals surface area contributed by atoms with Gasteiger partial charge in [-0.05, 0) is 50.9 Å². The molecule has 1 aliphatic carbocycles. The maximum absolute atomic E-state index is 14.1. The van der Waals surface area contributed by atoms with Crippen LogP contribution in [0.1, 0.15) is 92.4 Å². The molecule has 0 unspecified atom stereocenters. The largest absolute Gasteiger partial charge is 0.346 e. The van der Waals surface area contributed by atoms with E-state index in [0.717, 1.165) is 32.1 Å². The molecule has 0 radical (unpaired) electrons. The molecule has 45 heavy (non-hydrogen) atoms. The van der Waals surface area contributed by atoms with Crippen LogP contribution in [-0.2, 0) is 29.0 Å². The van der Waals surface area contributed by atoms with E-state index in [1.54, 1.807) is 20.8 Å². The van der Waals surface area contributed by atoms with Gasteiger partial charge in [0.05, 0.1) is 16.5 Å². The maximum Gasteiger partial charge on any atom is 0.315 e. The van der Waals surface area contributed by atoms with Crippen molar-refractivity contribution >= 4 is 39.4 Å². The van der Waals surface area contributed by atoms with Gasteiger partial charge in [-0.1, -0.05) is 64.9 Å². The third kappa shape index (κ3) is 9.07. The summed E-state index contributed by atoms with van der Waals surface area (Å²) in [4.78, 5) is 68.0. The van der Waals surface area contributed by atoms with E-state index in [2.05, 4.69) is 41.7 Å². The summed E-state index contributed by atoms with van der Waals surface area (Å²) in [6.45, 7) is 12.8. The summed E-state index contributed by atoms with van der Waals surface area (Å²) in [7, 11) is -3.44. The summed E-state index contributed by atoms with van der Waals surface area (Å²) < 4.78 is 24.0. The highest BCUT2D eigenvalue weighted by Crippen LogP contribution is 2.65. The van der Waals surface area contributed by atoms with E-state index in [0.29, 0.717) is 32.2 Å². The number of piperidine rings is 1. The van der Waals surface area contributed by atoms with Gasteiger partial charge in [0.15, 0.2) is 9.84 Å². The molecule has 4 N–H and O–H groups in total. The van der Waals surface area contributed by atoms with Gasteiger partial charge in [-0.15, -0.1) is 6.58 Å². The molecule has 3 aliphatic rings. The minimum Gasteiger partial charge on any atom is -0.346 e. The maximum atomic E-state index is 14.1. The highest BCUT2D eigenvalue weighted by molar-refractivity contribution is 7.92. The first-order valence-corrected chi connectivity index (χ1v) is 18.0. The molecule has 12 nitrogen and oxygen atoms in total. The first kappa shape index (κ1) is 36.5. The van der Waals surface area contributed by atoms with Crippen LogP contribution in [-0.4, -0.2) is 91.1 Å². The molecule has 13 heteroatoms. The molecule has 2 saturated heterocycles. The fraction of sp³-hybridized carbons (Fsp3) is 0.781. The van der Waals surface area contributed by atoms with Crippen LogP contribution in [0, 0.1) is 17.3 Å². The molecular weight excluding hydrogens is 598 g/mol. The van der Waals surface area contributed by atoms with E-state index in [-0.39, 0.29) is 42.0 Å². The van der Waals surface area contributed by atoms with Crippen molar-refractivity contribution in [3.05, 3.63) is 12.7 Å². The lowest BCUT2D eigenvalue weighted by Crippen LogP contribution is -2.59. The second-order valence-electron chi connectivity index (χ2n) is 14.2. The summed E-state index contributed by atoms with van der Waals surface area (Å²) in [6.07, 6.45) is 8.12. The van der Waals surface area contributed by atoms with Crippen LogP contribution in [0.15, 0.2) is 12.7 Å². The molecule has 0 aromatic rings. The van der Waals surface area contributed by atoms with E-state index in [1.165, 1.54) is 11.0 Å². The minimum atomic E-state index is -3.44. The molecule has 3 fully saturated rings. The molecule has 5 atom stereocenters. The van der Waals surface area contributed by atoms with Crippen LogP contribution >= 0.6 is 0 Å². The fourth-order valence-electron chi connectivity index (χ4n) is 6.60. The molecule has 0 spiro atoms. The number of Topliss-reactive ketones (excluding diaryl/α,β-unsaturated/α-hetero) is 1. The standard InChI is InChI=1S/C32H53N5O7S/c1-7-17-33-28(40)26(38)22-15-13-11-9-8-10-12-14-16-23(36-30(42)34-18-19-45(43,44)31(2,3)4)29(41)37-20-21-24(32(21,5)6)25(37)27(39)35-22/h7,21-25H,1,8-20H2,2-6H3,(H,33,40)(H,35,39)(H2,34,36,42)/t21-,22-,23-,24-,25+/m0/s1. The number of hydrogen-bond donors (Lipinski definition) is 4. The first-order valence-electron chi connectivity index (χ1n) is 16.3. The molecule has 1 saturated carbocycles. The number of carbonyl (C=O) groups excluding carboxylic acids is 5. The summed E-state index contributed by atoms with van der Waals surface area (Å²) in [5.41, 5.74) is -0.181. The summed E-state index contributed by atoms with van der Waals surface area (Å²) in [5, 5.41) is 10.7. The Labute approximate surface area is 268 Å². The number of nitrogens with one attached hydrogen (secondary N) is 4. The smallest absolute Gasteiger partial charge is 0.315 e. The molecule has 2 heterocycles. The van der Waals surface area contributed by atoms with Crippen molar-refractivity contribution in [1.82, 2.24) is 26.2 Å². The predicted molar refractivity (Wildman–Crippen MR) is 172 cm³/mol. The number of sulfone groups is 1. The van der Waals surface area contributed by atoms with Crippen LogP contribution in [0.5, 0.6) is 0 Å². The van der Waals surface area contributed by atoms with E-state index >= 15 is 0 Å². The molecule has 2 aliphatic heterocycles. The number of rotatable bonds is 8. The zero-order valence-electron chi connectivity index (χ0n) is 27.6. The molecule has 0 bridgehead atoms. The van der Waals surface area contributed by atoms with Crippen molar-refractivity contribution in [1.29, 1.82) is 0 Å². The van der Waals surface area contributed by atoms with Gasteiger partial charge < -0.3 is 26.2 Å². The number of hydrogen-bond acceptors (Lipinski definition) is 7.